The summed E-state index contributed by atoms with van der Waals surface area (Å²) >= 11 is 0. The van der Waals surface area contributed by atoms with Gasteiger partial charge in [0, 0.05) is 37.1 Å². The van der Waals surface area contributed by atoms with Crippen LogP contribution in [0.3, 0.4) is 0 Å². The van der Waals surface area contributed by atoms with Gasteiger partial charge in [-0.2, -0.15) is 0 Å². The first-order valence-electron chi connectivity index (χ1n) is 14.8. The molecule has 4 aromatic carbocycles. The first kappa shape index (κ1) is 30.4. The van der Waals surface area contributed by atoms with E-state index in [-0.39, 0.29) is 44.0 Å². The van der Waals surface area contributed by atoms with Gasteiger partial charge in [-0.25, -0.2) is 0 Å². The van der Waals surface area contributed by atoms with E-state index in [1.165, 1.54) is 4.90 Å². The number of ketones is 1. The van der Waals surface area contributed by atoms with Crippen molar-refractivity contribution in [1.82, 2.24) is 10.2 Å². The minimum atomic E-state index is -0.901. The molecule has 0 aromatic heterocycles. The lowest BCUT2D eigenvalue weighted by atomic mass is 9.92. The number of carbonyl (C=O) groups excluding carboxylic acids is 4. The summed E-state index contributed by atoms with van der Waals surface area (Å²) in [6.07, 6.45) is 0.537. The summed E-state index contributed by atoms with van der Waals surface area (Å²) in [7, 11) is 0. The Bertz CT molecular complexity index is 1620. The van der Waals surface area contributed by atoms with Crippen LogP contribution in [0.5, 0.6) is 0 Å². The zero-order valence-corrected chi connectivity index (χ0v) is 24.4. The van der Waals surface area contributed by atoms with Gasteiger partial charge in [0.2, 0.25) is 17.7 Å². The standard InChI is InChI=1S/C36H36N4O4/c37-21-20-31(35(43)38-30-17-9-16-27(22-30)25-10-3-1-4-11-25)39-36(44)32-23-28-14-7-8-15-29(28)24-40(32)34(42)19-18-33(41)26-12-5-2-6-13-26/h1-17,22,31-32H,18-21,23-24,37H2,(H,38,43)(H,39,44)/t31-,32-/m0/s1. The zero-order chi connectivity index (χ0) is 30.9. The van der Waals surface area contributed by atoms with E-state index in [9.17, 15) is 19.2 Å². The third-order valence-corrected chi connectivity index (χ3v) is 7.86. The Morgan fingerprint density at radius 2 is 1.43 bits per heavy atom. The van der Waals surface area contributed by atoms with Crippen LogP contribution < -0.4 is 16.4 Å². The number of fused-ring (bicyclic) bond motifs is 1. The summed E-state index contributed by atoms with van der Waals surface area (Å²) in [6, 6.07) is 32.1. The van der Waals surface area contributed by atoms with Crippen molar-refractivity contribution >= 4 is 29.2 Å². The summed E-state index contributed by atoms with van der Waals surface area (Å²) in [5.41, 5.74) is 10.9. The first-order chi connectivity index (χ1) is 21.4. The number of hydrogen-bond acceptors (Lipinski definition) is 5. The number of amides is 3. The highest BCUT2D eigenvalue weighted by Gasteiger charge is 2.36. The molecule has 0 aliphatic carbocycles. The van der Waals surface area contributed by atoms with Crippen molar-refractivity contribution in [2.75, 3.05) is 11.9 Å². The van der Waals surface area contributed by atoms with Crippen LogP contribution >= 0.6 is 0 Å². The SMILES string of the molecule is NCC[C@H](NC(=O)[C@@H]1Cc2ccccc2CN1C(=O)CCC(=O)c1ccccc1)C(=O)Nc1cccc(-c2ccccc2)c1. The zero-order valence-electron chi connectivity index (χ0n) is 24.4. The van der Waals surface area contributed by atoms with E-state index in [0.717, 1.165) is 22.3 Å². The number of carbonyl (C=O) groups is 4. The second-order valence-electron chi connectivity index (χ2n) is 10.9. The van der Waals surface area contributed by atoms with Crippen molar-refractivity contribution in [2.45, 2.75) is 44.3 Å². The van der Waals surface area contributed by atoms with Crippen LogP contribution in [0.1, 0.15) is 40.7 Å². The van der Waals surface area contributed by atoms with Gasteiger partial charge in [-0.05, 0) is 47.4 Å². The Labute approximate surface area is 257 Å². The summed E-state index contributed by atoms with van der Waals surface area (Å²) in [4.78, 5) is 54.9. The third kappa shape index (κ3) is 7.46. The van der Waals surface area contributed by atoms with Crippen LogP contribution in [0.15, 0.2) is 109 Å². The second-order valence-corrected chi connectivity index (χ2v) is 10.9. The van der Waals surface area contributed by atoms with Gasteiger partial charge in [0.1, 0.15) is 12.1 Å². The minimum Gasteiger partial charge on any atom is -0.342 e. The van der Waals surface area contributed by atoms with Gasteiger partial charge in [0.05, 0.1) is 0 Å². The maximum Gasteiger partial charge on any atom is 0.246 e. The molecule has 8 nitrogen and oxygen atoms in total. The summed E-state index contributed by atoms with van der Waals surface area (Å²) < 4.78 is 0. The molecule has 44 heavy (non-hydrogen) atoms. The molecule has 0 saturated carbocycles. The normalized spacial score (nSPS) is 14.7. The molecule has 3 amide bonds. The number of nitrogens with one attached hydrogen (secondary N) is 2. The highest BCUT2D eigenvalue weighted by Crippen LogP contribution is 2.26. The third-order valence-electron chi connectivity index (χ3n) is 7.86. The topological polar surface area (TPSA) is 122 Å². The summed E-state index contributed by atoms with van der Waals surface area (Å²) in [5, 5.41) is 5.78. The molecule has 0 fully saturated rings. The molecule has 4 N–H and O–H groups in total. The number of hydrogen-bond donors (Lipinski definition) is 3. The van der Waals surface area contributed by atoms with Gasteiger partial charge >= 0.3 is 0 Å². The largest absolute Gasteiger partial charge is 0.342 e. The van der Waals surface area contributed by atoms with Gasteiger partial charge < -0.3 is 21.3 Å². The number of rotatable bonds is 11. The molecular weight excluding hydrogens is 552 g/mol. The maximum absolute atomic E-state index is 13.8. The highest BCUT2D eigenvalue weighted by atomic mass is 16.2. The summed E-state index contributed by atoms with van der Waals surface area (Å²) in [5.74, 6) is -1.25. The van der Waals surface area contributed by atoms with Gasteiger partial charge in [0.15, 0.2) is 5.78 Å². The molecule has 0 radical (unpaired) electrons. The van der Waals surface area contributed by atoms with Gasteiger partial charge in [-0.15, -0.1) is 0 Å². The second kappa shape index (κ2) is 14.4. The lowest BCUT2D eigenvalue weighted by Gasteiger charge is -2.36. The van der Waals surface area contributed by atoms with Crippen LogP contribution in [0.2, 0.25) is 0 Å². The molecule has 5 rings (SSSR count). The number of nitrogens with two attached hydrogens (primary N) is 1. The Hall–Kier alpha value is -5.08. The smallest absolute Gasteiger partial charge is 0.246 e. The van der Waals surface area contributed by atoms with Crippen LogP contribution in [-0.2, 0) is 27.3 Å². The van der Waals surface area contributed by atoms with E-state index in [4.69, 9.17) is 5.73 Å². The molecular formula is C36H36N4O4. The van der Waals surface area contributed by atoms with Crippen molar-refractivity contribution < 1.29 is 19.2 Å². The molecule has 0 spiro atoms. The van der Waals surface area contributed by atoms with Crippen LogP contribution in [0.25, 0.3) is 11.1 Å². The van der Waals surface area contributed by atoms with Gasteiger partial charge in [-0.3, -0.25) is 19.2 Å². The van der Waals surface area contributed by atoms with E-state index in [1.54, 1.807) is 30.3 Å². The molecule has 1 heterocycles. The molecule has 4 aromatic rings. The Kier molecular flexibility index (Phi) is 9.94. The van der Waals surface area contributed by atoms with E-state index in [1.807, 2.05) is 78.9 Å². The first-order valence-corrected chi connectivity index (χ1v) is 14.8. The van der Waals surface area contributed by atoms with Crippen molar-refractivity contribution in [2.24, 2.45) is 5.73 Å². The molecule has 1 aliphatic heterocycles. The average molecular weight is 589 g/mol. The highest BCUT2D eigenvalue weighted by molar-refractivity contribution is 6.00. The Morgan fingerprint density at radius 3 is 2.16 bits per heavy atom. The fourth-order valence-electron chi connectivity index (χ4n) is 5.49. The minimum absolute atomic E-state index is 0.0237. The van der Waals surface area contributed by atoms with Crippen LogP contribution in [0.4, 0.5) is 5.69 Å². The van der Waals surface area contributed by atoms with Crippen molar-refractivity contribution in [1.29, 1.82) is 0 Å². The Morgan fingerprint density at radius 1 is 0.773 bits per heavy atom. The van der Waals surface area contributed by atoms with E-state index >= 15 is 0 Å². The van der Waals surface area contributed by atoms with Gasteiger partial charge in [0.25, 0.3) is 0 Å². The number of Topliss-reactive ketones (excluding diaryl/α,β-unsaturated/α-hetero) is 1. The number of nitrogens with zero attached hydrogens (tertiary/aromatic N) is 1. The van der Waals surface area contributed by atoms with E-state index in [2.05, 4.69) is 10.6 Å². The quantitative estimate of drug-likeness (QED) is 0.219. The Balaban J connectivity index is 1.29. The van der Waals surface area contributed by atoms with E-state index in [0.29, 0.717) is 17.7 Å². The van der Waals surface area contributed by atoms with Crippen molar-refractivity contribution in [3.63, 3.8) is 0 Å². The van der Waals surface area contributed by atoms with E-state index < -0.39 is 23.9 Å². The maximum atomic E-state index is 13.8. The molecule has 0 saturated heterocycles. The lowest BCUT2D eigenvalue weighted by Crippen LogP contribution is -2.56. The predicted octanol–water partition coefficient (Wildman–Crippen LogP) is 4.74. The molecule has 224 valence electrons. The number of benzene rings is 4. The molecule has 0 unspecified atom stereocenters. The van der Waals surface area contributed by atoms with Gasteiger partial charge in [-0.1, -0.05) is 97.1 Å². The molecule has 8 heteroatoms. The van der Waals surface area contributed by atoms with Crippen molar-refractivity contribution in [3.05, 3.63) is 126 Å². The molecule has 1 aliphatic rings. The van der Waals surface area contributed by atoms with Crippen LogP contribution in [-0.4, -0.2) is 47.0 Å². The van der Waals surface area contributed by atoms with Crippen molar-refractivity contribution in [3.8, 4) is 11.1 Å². The monoisotopic (exact) mass is 588 g/mol. The fraction of sp³-hybridized carbons (Fsp3) is 0.222. The molecule has 0 bridgehead atoms. The number of anilines is 1. The fourth-order valence-corrected chi connectivity index (χ4v) is 5.49. The van der Waals surface area contributed by atoms with Crippen LogP contribution in [0, 0.1) is 0 Å². The lowest BCUT2D eigenvalue weighted by molar-refractivity contribution is -0.142. The summed E-state index contributed by atoms with van der Waals surface area (Å²) in [6.45, 7) is 0.423. The predicted molar refractivity (Wildman–Crippen MR) is 171 cm³/mol. The average Bonchev–Trinajstić information content (AvgIpc) is 3.07. The molecule has 2 atom stereocenters.